The third kappa shape index (κ3) is 4.40. The number of aromatic nitrogens is 1. The van der Waals surface area contributed by atoms with E-state index in [1.807, 2.05) is 0 Å². The molecule has 2 rings (SSSR count). The third-order valence-corrected chi connectivity index (χ3v) is 3.11. The van der Waals surface area contributed by atoms with E-state index in [0.29, 0.717) is 17.1 Å². The summed E-state index contributed by atoms with van der Waals surface area (Å²) >= 11 is 0. The van der Waals surface area contributed by atoms with Gasteiger partial charge in [-0.25, -0.2) is 4.79 Å². The number of alkyl halides is 3. The van der Waals surface area contributed by atoms with E-state index >= 15 is 0 Å². The lowest BCUT2D eigenvalue weighted by Crippen LogP contribution is -2.32. The first-order valence-electron chi connectivity index (χ1n) is 7.06. The molecular formula is C15H16F3N3O3. The first kappa shape index (κ1) is 17.6. The second kappa shape index (κ2) is 7.24. The molecule has 0 bridgehead atoms. The van der Waals surface area contributed by atoms with E-state index in [9.17, 15) is 18.0 Å². The maximum absolute atomic E-state index is 12.8. The fraction of sp³-hybridized carbons (Fsp3) is 0.333. The number of aryl methyl sites for hydroxylation is 2. The second-order valence-electron chi connectivity index (χ2n) is 4.92. The van der Waals surface area contributed by atoms with Crippen molar-refractivity contribution < 1.29 is 27.2 Å². The molecule has 1 heterocycles. The Morgan fingerprint density at radius 3 is 2.62 bits per heavy atom. The van der Waals surface area contributed by atoms with Crippen molar-refractivity contribution in [1.82, 2.24) is 10.5 Å². The highest BCUT2D eigenvalue weighted by Gasteiger charge is 2.33. The number of hydrogen-bond acceptors (Lipinski definition) is 4. The van der Waals surface area contributed by atoms with Gasteiger partial charge in [0.15, 0.2) is 5.76 Å². The quantitative estimate of drug-likeness (QED) is 0.815. The van der Waals surface area contributed by atoms with Gasteiger partial charge in [-0.1, -0.05) is 17.3 Å². The zero-order chi connectivity index (χ0) is 17.7. The van der Waals surface area contributed by atoms with Gasteiger partial charge < -0.3 is 19.9 Å². The Hall–Kier alpha value is -2.71. The van der Waals surface area contributed by atoms with Gasteiger partial charge in [0.05, 0.1) is 12.1 Å². The molecule has 130 valence electrons. The number of carbonyl (C=O) groups excluding carboxylic acids is 1. The molecule has 6 nitrogen and oxygen atoms in total. The fourth-order valence-corrected chi connectivity index (χ4v) is 1.97. The van der Waals surface area contributed by atoms with Crippen LogP contribution in [0, 0.1) is 13.8 Å². The van der Waals surface area contributed by atoms with Gasteiger partial charge in [0.1, 0.15) is 23.7 Å². The topological polar surface area (TPSA) is 76.4 Å². The maximum atomic E-state index is 12.8. The summed E-state index contributed by atoms with van der Waals surface area (Å²) < 4.78 is 48.4. The molecule has 0 unspecified atom stereocenters. The Bertz CT molecular complexity index is 694. The highest BCUT2D eigenvalue weighted by molar-refractivity contribution is 5.90. The van der Waals surface area contributed by atoms with Crippen molar-refractivity contribution in [1.29, 1.82) is 0 Å². The molecule has 0 aliphatic rings. The Labute approximate surface area is 136 Å². The van der Waals surface area contributed by atoms with Crippen molar-refractivity contribution >= 4 is 11.7 Å². The predicted octanol–water partition coefficient (Wildman–Crippen LogP) is 3.51. The number of amides is 2. The van der Waals surface area contributed by atoms with Crippen LogP contribution in [-0.4, -0.2) is 24.3 Å². The van der Waals surface area contributed by atoms with Crippen LogP contribution in [0.15, 0.2) is 28.8 Å². The smallest absolute Gasteiger partial charge is 0.419 e. The second-order valence-corrected chi connectivity index (χ2v) is 4.92. The molecule has 1 aromatic carbocycles. The molecule has 0 saturated carbocycles. The van der Waals surface area contributed by atoms with Crippen LogP contribution < -0.4 is 15.4 Å². The Balaban J connectivity index is 1.82. The monoisotopic (exact) mass is 343 g/mol. The molecule has 2 N–H and O–H groups in total. The van der Waals surface area contributed by atoms with Gasteiger partial charge in [0.25, 0.3) is 0 Å². The molecule has 1 aromatic heterocycles. The van der Waals surface area contributed by atoms with Crippen molar-refractivity contribution in [2.75, 3.05) is 18.5 Å². The highest BCUT2D eigenvalue weighted by atomic mass is 19.4. The number of urea groups is 1. The molecular weight excluding hydrogens is 327 g/mol. The number of nitrogens with one attached hydrogen (secondary N) is 2. The van der Waals surface area contributed by atoms with E-state index < -0.39 is 17.8 Å². The van der Waals surface area contributed by atoms with Gasteiger partial charge in [-0.3, -0.25) is 0 Å². The van der Waals surface area contributed by atoms with Crippen LogP contribution in [0.25, 0.3) is 0 Å². The summed E-state index contributed by atoms with van der Waals surface area (Å²) in [7, 11) is 0. The summed E-state index contributed by atoms with van der Waals surface area (Å²) in [5.74, 6) is 0.177. The van der Waals surface area contributed by atoms with E-state index in [1.54, 1.807) is 13.8 Å². The molecule has 0 aliphatic carbocycles. The van der Waals surface area contributed by atoms with Gasteiger partial charge >= 0.3 is 12.2 Å². The minimum atomic E-state index is -4.50. The normalized spacial score (nSPS) is 11.2. The number of halogens is 3. The minimum absolute atomic E-state index is 0.0292. The van der Waals surface area contributed by atoms with E-state index in [0.717, 1.165) is 6.07 Å². The van der Waals surface area contributed by atoms with Crippen LogP contribution in [0.5, 0.6) is 5.75 Å². The zero-order valence-corrected chi connectivity index (χ0v) is 13.0. The molecule has 2 amide bonds. The first-order chi connectivity index (χ1) is 11.3. The van der Waals surface area contributed by atoms with Gasteiger partial charge in [-0.05, 0) is 26.0 Å². The number of hydrogen-bond donors (Lipinski definition) is 2. The van der Waals surface area contributed by atoms with Crippen LogP contribution in [0.2, 0.25) is 0 Å². The van der Waals surface area contributed by atoms with E-state index in [1.165, 1.54) is 18.2 Å². The first-order valence-corrected chi connectivity index (χ1v) is 7.06. The zero-order valence-electron chi connectivity index (χ0n) is 13.0. The SMILES string of the molecule is Cc1noc(C)c1NC(=O)NCCOc1ccccc1C(F)(F)F. The number of rotatable bonds is 5. The lowest BCUT2D eigenvalue weighted by molar-refractivity contribution is -0.138. The summed E-state index contributed by atoms with van der Waals surface area (Å²) in [4.78, 5) is 11.7. The summed E-state index contributed by atoms with van der Waals surface area (Å²) in [5, 5.41) is 8.72. The summed E-state index contributed by atoms with van der Waals surface area (Å²) in [6.07, 6.45) is -4.50. The Kier molecular flexibility index (Phi) is 5.32. The number of benzene rings is 1. The molecule has 24 heavy (non-hydrogen) atoms. The minimum Gasteiger partial charge on any atom is -0.491 e. The van der Waals surface area contributed by atoms with Gasteiger partial charge in [0, 0.05) is 0 Å². The molecule has 0 spiro atoms. The molecule has 0 atom stereocenters. The number of nitrogens with zero attached hydrogens (tertiary/aromatic N) is 1. The average molecular weight is 343 g/mol. The molecule has 0 aliphatic heterocycles. The van der Waals surface area contributed by atoms with Crippen molar-refractivity contribution in [3.05, 3.63) is 41.3 Å². The molecule has 0 radical (unpaired) electrons. The third-order valence-electron chi connectivity index (χ3n) is 3.11. The lowest BCUT2D eigenvalue weighted by Gasteiger charge is -2.14. The van der Waals surface area contributed by atoms with Gasteiger partial charge in [-0.2, -0.15) is 13.2 Å². The Morgan fingerprint density at radius 2 is 2.00 bits per heavy atom. The van der Waals surface area contributed by atoms with Crippen molar-refractivity contribution in [2.45, 2.75) is 20.0 Å². The fourth-order valence-electron chi connectivity index (χ4n) is 1.97. The van der Waals surface area contributed by atoms with Crippen molar-refractivity contribution in [3.63, 3.8) is 0 Å². The van der Waals surface area contributed by atoms with Crippen LogP contribution >= 0.6 is 0 Å². The standard InChI is InChI=1S/C15H16F3N3O3/c1-9-13(10(2)24-21-9)20-14(22)19-7-8-23-12-6-4-3-5-11(12)15(16,17)18/h3-6H,7-8H2,1-2H3,(H2,19,20,22). The van der Waals surface area contributed by atoms with Crippen LogP contribution in [0.3, 0.4) is 0 Å². The van der Waals surface area contributed by atoms with E-state index in [2.05, 4.69) is 15.8 Å². The highest BCUT2D eigenvalue weighted by Crippen LogP contribution is 2.35. The summed E-state index contributed by atoms with van der Waals surface area (Å²) in [6, 6.07) is 4.37. The predicted molar refractivity (Wildman–Crippen MR) is 79.9 cm³/mol. The van der Waals surface area contributed by atoms with E-state index in [4.69, 9.17) is 9.26 Å². The number of ether oxygens (including phenoxy) is 1. The number of anilines is 1. The number of carbonyl (C=O) groups is 1. The summed E-state index contributed by atoms with van der Waals surface area (Å²) in [6.45, 7) is 3.24. The van der Waals surface area contributed by atoms with Crippen molar-refractivity contribution in [3.8, 4) is 5.75 Å². The molecule has 2 aromatic rings. The number of para-hydroxylation sites is 1. The van der Waals surface area contributed by atoms with Gasteiger partial charge in [0.2, 0.25) is 0 Å². The molecule has 0 fully saturated rings. The largest absolute Gasteiger partial charge is 0.491 e. The lowest BCUT2D eigenvalue weighted by atomic mass is 10.2. The van der Waals surface area contributed by atoms with Gasteiger partial charge in [-0.15, -0.1) is 0 Å². The summed E-state index contributed by atoms with van der Waals surface area (Å²) in [5.41, 5.74) is 0.124. The van der Waals surface area contributed by atoms with Crippen LogP contribution in [-0.2, 0) is 6.18 Å². The Morgan fingerprint density at radius 1 is 1.29 bits per heavy atom. The molecule has 0 saturated heterocycles. The maximum Gasteiger partial charge on any atom is 0.419 e. The van der Waals surface area contributed by atoms with Crippen LogP contribution in [0.4, 0.5) is 23.7 Å². The van der Waals surface area contributed by atoms with Crippen molar-refractivity contribution in [2.24, 2.45) is 0 Å². The van der Waals surface area contributed by atoms with E-state index in [-0.39, 0.29) is 18.9 Å². The van der Waals surface area contributed by atoms with Crippen LogP contribution in [0.1, 0.15) is 17.0 Å². The average Bonchev–Trinajstić information content (AvgIpc) is 2.83. The molecule has 9 heteroatoms.